The van der Waals surface area contributed by atoms with E-state index in [-0.39, 0.29) is 18.4 Å². The first kappa shape index (κ1) is 32.1. The van der Waals surface area contributed by atoms with Gasteiger partial charge in [-0.05, 0) is 36.8 Å². The molecule has 0 unspecified atom stereocenters. The molecule has 15 heteroatoms. The fourth-order valence-corrected chi connectivity index (χ4v) is 5.29. The van der Waals surface area contributed by atoms with Gasteiger partial charge in [0.2, 0.25) is 23.5 Å². The van der Waals surface area contributed by atoms with Crippen molar-refractivity contribution in [2.24, 2.45) is 11.8 Å². The monoisotopic (exact) mass is 612 g/mol. The largest absolute Gasteiger partial charge is 0.480 e. The number of likely N-dealkylation sites (tertiary alicyclic amines) is 1. The van der Waals surface area contributed by atoms with Crippen LogP contribution in [0.3, 0.4) is 0 Å². The normalized spacial score (nSPS) is 18.3. The molecule has 3 heterocycles. The summed E-state index contributed by atoms with van der Waals surface area (Å²) in [6.07, 6.45) is 0.875. The quantitative estimate of drug-likeness (QED) is 0.226. The van der Waals surface area contributed by atoms with Gasteiger partial charge in [0.05, 0.1) is 6.04 Å². The second-order valence-corrected chi connectivity index (χ2v) is 11.6. The van der Waals surface area contributed by atoms with E-state index >= 15 is 0 Å². The van der Waals surface area contributed by atoms with Gasteiger partial charge >= 0.3 is 12.0 Å². The Morgan fingerprint density at radius 1 is 1.00 bits per heavy atom. The Morgan fingerprint density at radius 2 is 1.68 bits per heavy atom. The van der Waals surface area contributed by atoms with E-state index < -0.39 is 85.1 Å². The highest BCUT2D eigenvalue weighted by atomic mass is 16.4. The summed E-state index contributed by atoms with van der Waals surface area (Å²) in [5, 5.41) is 14.3. The average molecular weight is 613 g/mol. The SMILES string of the molecule is CC(C)[C@H](NC(=O)[C@@H]1CCCN1C(=O)[C@@H](NC(=O)CN1CC(=O)N(CC(=O)O)C1=O)C(C)C)C(=O)c1nc2ccccc2o1. The molecule has 15 nitrogen and oxygen atoms in total. The molecule has 1 aromatic heterocycles. The number of nitrogens with zero attached hydrogens (tertiary/aromatic N) is 4. The first-order chi connectivity index (χ1) is 20.8. The first-order valence-electron chi connectivity index (χ1n) is 14.4. The molecule has 3 atom stereocenters. The highest BCUT2D eigenvalue weighted by Crippen LogP contribution is 2.23. The maximum atomic E-state index is 13.7. The third kappa shape index (κ3) is 6.87. The van der Waals surface area contributed by atoms with Gasteiger partial charge in [0.15, 0.2) is 5.58 Å². The lowest BCUT2D eigenvalue weighted by atomic mass is 9.98. The van der Waals surface area contributed by atoms with E-state index in [1.807, 2.05) is 0 Å². The molecule has 2 aliphatic heterocycles. The Hall–Kier alpha value is -4.82. The van der Waals surface area contributed by atoms with Crippen molar-refractivity contribution in [1.82, 2.24) is 30.3 Å². The molecule has 1 aromatic carbocycles. The fraction of sp³-hybridized carbons (Fsp3) is 0.517. The zero-order valence-corrected chi connectivity index (χ0v) is 24.9. The number of fused-ring (bicyclic) bond motifs is 1. The van der Waals surface area contributed by atoms with Crippen molar-refractivity contribution in [3.8, 4) is 0 Å². The zero-order chi connectivity index (χ0) is 32.3. The molecule has 0 spiro atoms. The number of aromatic nitrogens is 1. The molecule has 2 aliphatic rings. The summed E-state index contributed by atoms with van der Waals surface area (Å²) in [6, 6.07) is 3.10. The van der Waals surface area contributed by atoms with Crippen LogP contribution >= 0.6 is 0 Å². The smallest absolute Gasteiger partial charge is 0.328 e. The number of rotatable bonds is 12. The van der Waals surface area contributed by atoms with Gasteiger partial charge in [-0.1, -0.05) is 39.8 Å². The second kappa shape index (κ2) is 13.2. The number of amides is 6. The van der Waals surface area contributed by atoms with Gasteiger partial charge in [-0.25, -0.2) is 9.78 Å². The summed E-state index contributed by atoms with van der Waals surface area (Å²) >= 11 is 0. The van der Waals surface area contributed by atoms with Crippen molar-refractivity contribution in [3.05, 3.63) is 30.2 Å². The van der Waals surface area contributed by atoms with E-state index in [0.29, 0.717) is 28.8 Å². The van der Waals surface area contributed by atoms with Crippen LogP contribution in [0.25, 0.3) is 11.1 Å². The number of aliphatic carboxylic acids is 1. The molecule has 2 saturated heterocycles. The Bertz CT molecular complexity index is 1450. The number of Topliss-reactive ketones (excluding diaryl/α,β-unsaturated/α-hetero) is 1. The van der Waals surface area contributed by atoms with Crippen molar-refractivity contribution < 1.29 is 43.1 Å². The summed E-state index contributed by atoms with van der Waals surface area (Å²) in [4.78, 5) is 95.8. The van der Waals surface area contributed by atoms with Gasteiger partial charge < -0.3 is 30.0 Å². The summed E-state index contributed by atoms with van der Waals surface area (Å²) < 4.78 is 5.62. The molecule has 3 N–H and O–H groups in total. The van der Waals surface area contributed by atoms with Gasteiger partial charge in [-0.15, -0.1) is 0 Å². The highest BCUT2D eigenvalue weighted by molar-refractivity contribution is 6.05. The minimum atomic E-state index is -1.37. The molecule has 236 valence electrons. The standard InChI is InChI=1S/C29H36N6O9/c1-15(2)23(25(40)27-30-17-8-5-6-10-19(17)44-27)32-26(41)18-9-7-11-34(18)28(42)24(16(3)4)31-20(36)12-33-13-21(37)35(29(33)43)14-22(38)39/h5-6,8,10,15-16,18,23-24H,7,9,11-14H2,1-4H3,(H,31,36)(H,32,41)(H,38,39)/t18-,23-,24-/m0/s1. The van der Waals surface area contributed by atoms with Crippen LogP contribution in [0.2, 0.25) is 0 Å². The van der Waals surface area contributed by atoms with Crippen molar-refractivity contribution in [2.45, 2.75) is 58.7 Å². The van der Waals surface area contributed by atoms with Crippen molar-refractivity contribution in [1.29, 1.82) is 0 Å². The first-order valence-corrected chi connectivity index (χ1v) is 14.4. The summed E-state index contributed by atoms with van der Waals surface area (Å²) in [5.41, 5.74) is 0.953. The predicted molar refractivity (Wildman–Crippen MR) is 153 cm³/mol. The lowest BCUT2D eigenvalue weighted by Gasteiger charge is -2.31. The summed E-state index contributed by atoms with van der Waals surface area (Å²) in [6.45, 7) is 5.37. The number of imide groups is 1. The average Bonchev–Trinajstić information content (AvgIpc) is 3.68. The number of urea groups is 1. The number of hydrogen-bond donors (Lipinski definition) is 3. The van der Waals surface area contributed by atoms with Crippen molar-refractivity contribution in [2.75, 3.05) is 26.2 Å². The van der Waals surface area contributed by atoms with E-state index in [1.54, 1.807) is 52.0 Å². The minimum Gasteiger partial charge on any atom is -0.480 e. The molecule has 44 heavy (non-hydrogen) atoms. The van der Waals surface area contributed by atoms with Crippen LogP contribution in [-0.4, -0.2) is 111 Å². The molecule has 2 aromatic rings. The number of ketones is 1. The van der Waals surface area contributed by atoms with Crippen LogP contribution < -0.4 is 10.6 Å². The van der Waals surface area contributed by atoms with E-state index in [9.17, 15) is 33.6 Å². The number of carboxylic acid groups (broad SMARTS) is 1. The van der Waals surface area contributed by atoms with Crippen LogP contribution in [0.4, 0.5) is 4.79 Å². The molecule has 0 radical (unpaired) electrons. The number of carboxylic acids is 1. The second-order valence-electron chi connectivity index (χ2n) is 11.6. The number of oxazole rings is 1. The number of nitrogens with one attached hydrogen (secondary N) is 2. The van der Waals surface area contributed by atoms with Crippen LogP contribution in [0.1, 0.15) is 51.2 Å². The topological polar surface area (TPSA) is 200 Å². The molecule has 6 amide bonds. The Balaban J connectivity index is 1.42. The fourth-order valence-electron chi connectivity index (χ4n) is 5.29. The molecule has 0 bridgehead atoms. The van der Waals surface area contributed by atoms with Crippen LogP contribution in [0.5, 0.6) is 0 Å². The van der Waals surface area contributed by atoms with E-state index in [1.165, 1.54) is 4.90 Å². The molecular formula is C29H36N6O9. The van der Waals surface area contributed by atoms with Crippen molar-refractivity contribution in [3.63, 3.8) is 0 Å². The van der Waals surface area contributed by atoms with Gasteiger partial charge in [0, 0.05) is 6.54 Å². The van der Waals surface area contributed by atoms with Gasteiger partial charge in [-0.3, -0.25) is 33.7 Å². The number of carbonyl (C=O) groups is 7. The number of para-hydroxylation sites is 2. The third-order valence-corrected chi connectivity index (χ3v) is 7.60. The van der Waals surface area contributed by atoms with E-state index in [2.05, 4.69) is 15.6 Å². The van der Waals surface area contributed by atoms with Gasteiger partial charge in [0.1, 0.15) is 37.2 Å². The molecule has 2 fully saturated rings. The van der Waals surface area contributed by atoms with E-state index in [4.69, 9.17) is 9.52 Å². The maximum Gasteiger partial charge on any atom is 0.328 e. The highest BCUT2D eigenvalue weighted by Gasteiger charge is 2.42. The molecular weight excluding hydrogens is 576 g/mol. The lowest BCUT2D eigenvalue weighted by Crippen LogP contribution is -2.57. The molecule has 4 rings (SSSR count). The Kier molecular flexibility index (Phi) is 9.65. The van der Waals surface area contributed by atoms with E-state index in [0.717, 1.165) is 4.90 Å². The number of carbonyl (C=O) groups excluding carboxylic acids is 6. The lowest BCUT2D eigenvalue weighted by molar-refractivity contribution is -0.142. The molecule has 0 aliphatic carbocycles. The summed E-state index contributed by atoms with van der Waals surface area (Å²) in [7, 11) is 0. The number of benzene rings is 1. The number of hydrogen-bond acceptors (Lipinski definition) is 9. The summed E-state index contributed by atoms with van der Waals surface area (Å²) in [5.74, 6) is -5.22. The van der Waals surface area contributed by atoms with Gasteiger partial charge in [0.25, 0.3) is 11.8 Å². The van der Waals surface area contributed by atoms with Crippen molar-refractivity contribution >= 4 is 52.5 Å². The third-order valence-electron chi connectivity index (χ3n) is 7.60. The minimum absolute atomic E-state index is 0.128. The van der Waals surface area contributed by atoms with Gasteiger partial charge in [-0.2, -0.15) is 0 Å². The zero-order valence-electron chi connectivity index (χ0n) is 24.9. The van der Waals surface area contributed by atoms with Crippen LogP contribution in [0, 0.1) is 11.8 Å². The van der Waals surface area contributed by atoms with Crippen LogP contribution in [0.15, 0.2) is 28.7 Å². The van der Waals surface area contributed by atoms with Crippen LogP contribution in [-0.2, 0) is 24.0 Å². The Labute approximate surface area is 252 Å². The Morgan fingerprint density at radius 3 is 2.32 bits per heavy atom. The predicted octanol–water partition coefficient (Wildman–Crippen LogP) is 0.632. The maximum absolute atomic E-state index is 13.7. The molecule has 0 saturated carbocycles.